The van der Waals surface area contributed by atoms with E-state index in [0.29, 0.717) is 5.82 Å². The van der Waals surface area contributed by atoms with E-state index in [-0.39, 0.29) is 5.41 Å². The van der Waals surface area contributed by atoms with Crippen LogP contribution in [0.1, 0.15) is 31.2 Å². The number of hydrogen-bond donors (Lipinski definition) is 1. The fourth-order valence-electron chi connectivity index (χ4n) is 2.47. The van der Waals surface area contributed by atoms with E-state index in [4.69, 9.17) is 4.52 Å². The zero-order valence-corrected chi connectivity index (χ0v) is 11.3. The van der Waals surface area contributed by atoms with Crippen LogP contribution in [0.4, 0.5) is 0 Å². The fourth-order valence-corrected chi connectivity index (χ4v) is 2.47. The number of nitrogens with one attached hydrogen (secondary N) is 1. The highest BCUT2D eigenvalue weighted by atomic mass is 16.5. The van der Waals surface area contributed by atoms with Crippen LogP contribution in [-0.2, 0) is 5.41 Å². The maximum absolute atomic E-state index is 5.50. The highest BCUT2D eigenvalue weighted by Crippen LogP contribution is 2.32. The van der Waals surface area contributed by atoms with Gasteiger partial charge in [-0.1, -0.05) is 12.1 Å². The van der Waals surface area contributed by atoms with Gasteiger partial charge in [0, 0.05) is 23.4 Å². The minimum absolute atomic E-state index is 0.00733. The van der Waals surface area contributed by atoms with Gasteiger partial charge in [-0.25, -0.2) is 0 Å². The summed E-state index contributed by atoms with van der Waals surface area (Å²) in [7, 11) is 0. The van der Waals surface area contributed by atoms with Gasteiger partial charge < -0.3 is 9.84 Å². The quantitative estimate of drug-likeness (QED) is 0.893. The summed E-state index contributed by atoms with van der Waals surface area (Å²) in [4.78, 5) is 8.72. The van der Waals surface area contributed by atoms with Crippen LogP contribution in [0, 0.1) is 6.92 Å². The third-order valence-electron chi connectivity index (χ3n) is 3.93. The van der Waals surface area contributed by atoms with Crippen LogP contribution < -0.4 is 5.32 Å². The van der Waals surface area contributed by atoms with Gasteiger partial charge >= 0.3 is 0 Å². The number of hydrogen-bond acceptors (Lipinski definition) is 5. The molecule has 0 amide bonds. The van der Waals surface area contributed by atoms with Crippen molar-refractivity contribution in [1.29, 1.82) is 0 Å². The van der Waals surface area contributed by atoms with E-state index in [1.165, 1.54) is 0 Å². The number of piperidine rings is 1. The SMILES string of the molecule is Cc1ccncc1-c1noc(C2(C)CCNCC2)n1. The number of aryl methyl sites for hydroxylation is 1. The Morgan fingerprint density at radius 2 is 2.11 bits per heavy atom. The molecule has 1 aliphatic rings. The largest absolute Gasteiger partial charge is 0.338 e. The molecular formula is C14H18N4O. The molecule has 19 heavy (non-hydrogen) atoms. The molecule has 3 rings (SSSR count). The summed E-state index contributed by atoms with van der Waals surface area (Å²) in [5.41, 5.74) is 2.04. The molecule has 1 fully saturated rings. The lowest BCUT2D eigenvalue weighted by Crippen LogP contribution is -2.37. The monoisotopic (exact) mass is 258 g/mol. The lowest BCUT2D eigenvalue weighted by atomic mass is 9.81. The van der Waals surface area contributed by atoms with Gasteiger partial charge in [-0.2, -0.15) is 4.98 Å². The predicted octanol–water partition coefficient (Wildman–Crippen LogP) is 2.08. The fraction of sp³-hybridized carbons (Fsp3) is 0.500. The Morgan fingerprint density at radius 3 is 2.84 bits per heavy atom. The van der Waals surface area contributed by atoms with E-state index in [9.17, 15) is 0 Å². The van der Waals surface area contributed by atoms with Gasteiger partial charge in [-0.15, -0.1) is 0 Å². The van der Waals surface area contributed by atoms with Crippen molar-refractivity contribution in [2.75, 3.05) is 13.1 Å². The second-order valence-electron chi connectivity index (χ2n) is 5.42. The van der Waals surface area contributed by atoms with Gasteiger partial charge in [0.05, 0.1) is 0 Å². The average Bonchev–Trinajstić information content (AvgIpc) is 2.90. The Morgan fingerprint density at radius 1 is 1.32 bits per heavy atom. The molecule has 100 valence electrons. The second kappa shape index (κ2) is 4.74. The van der Waals surface area contributed by atoms with Gasteiger partial charge in [0.25, 0.3) is 0 Å². The molecule has 0 saturated carbocycles. The van der Waals surface area contributed by atoms with E-state index in [1.807, 2.05) is 13.0 Å². The molecule has 1 N–H and O–H groups in total. The standard InChI is InChI=1S/C14H18N4O/c1-10-3-6-16-9-11(10)12-17-13(19-18-12)14(2)4-7-15-8-5-14/h3,6,9,15H,4-5,7-8H2,1-2H3. The van der Waals surface area contributed by atoms with Crippen LogP contribution in [-0.4, -0.2) is 28.2 Å². The Hall–Kier alpha value is -1.75. The summed E-state index contributed by atoms with van der Waals surface area (Å²) in [6.07, 6.45) is 5.62. The molecule has 0 radical (unpaired) electrons. The second-order valence-corrected chi connectivity index (χ2v) is 5.42. The molecule has 0 atom stereocenters. The van der Waals surface area contributed by atoms with E-state index in [1.54, 1.807) is 12.4 Å². The first-order valence-corrected chi connectivity index (χ1v) is 6.65. The number of aromatic nitrogens is 3. The molecule has 0 spiro atoms. The molecule has 5 heteroatoms. The van der Waals surface area contributed by atoms with Crippen LogP contribution in [0.15, 0.2) is 23.0 Å². The highest BCUT2D eigenvalue weighted by Gasteiger charge is 2.34. The van der Waals surface area contributed by atoms with Crippen LogP contribution in [0.2, 0.25) is 0 Å². The van der Waals surface area contributed by atoms with E-state index in [2.05, 4.69) is 27.4 Å². The Labute approximate surface area is 112 Å². The first-order chi connectivity index (χ1) is 9.19. The first kappa shape index (κ1) is 12.3. The Bertz CT molecular complexity index is 572. The minimum Gasteiger partial charge on any atom is -0.338 e. The van der Waals surface area contributed by atoms with Gasteiger partial charge in [0.1, 0.15) is 0 Å². The zero-order valence-electron chi connectivity index (χ0n) is 11.3. The Kier molecular flexibility index (Phi) is 3.06. The number of pyridine rings is 1. The molecule has 1 aliphatic heterocycles. The predicted molar refractivity (Wildman–Crippen MR) is 71.7 cm³/mol. The third-order valence-corrected chi connectivity index (χ3v) is 3.93. The van der Waals surface area contributed by atoms with Gasteiger partial charge in [0.15, 0.2) is 0 Å². The first-order valence-electron chi connectivity index (χ1n) is 6.65. The van der Waals surface area contributed by atoms with Crippen LogP contribution in [0.25, 0.3) is 11.4 Å². The molecule has 0 bridgehead atoms. The van der Waals surface area contributed by atoms with Crippen molar-refractivity contribution in [2.24, 2.45) is 0 Å². The normalized spacial score (nSPS) is 18.4. The van der Waals surface area contributed by atoms with E-state index >= 15 is 0 Å². The molecule has 5 nitrogen and oxygen atoms in total. The van der Waals surface area contributed by atoms with Crippen molar-refractivity contribution in [3.8, 4) is 11.4 Å². The van der Waals surface area contributed by atoms with Crippen LogP contribution >= 0.6 is 0 Å². The summed E-state index contributed by atoms with van der Waals surface area (Å²) in [5, 5.41) is 7.48. The maximum atomic E-state index is 5.50. The van der Waals surface area contributed by atoms with E-state index < -0.39 is 0 Å². The molecule has 2 aromatic heterocycles. The molecule has 2 aromatic rings. The molecule has 0 aliphatic carbocycles. The van der Waals surface area contributed by atoms with Crippen molar-refractivity contribution < 1.29 is 4.52 Å². The lowest BCUT2D eigenvalue weighted by molar-refractivity contribution is 0.241. The summed E-state index contributed by atoms with van der Waals surface area (Å²) in [5.74, 6) is 1.38. The van der Waals surface area contributed by atoms with Crippen molar-refractivity contribution >= 4 is 0 Å². The topological polar surface area (TPSA) is 63.8 Å². The zero-order chi connectivity index (χ0) is 13.3. The lowest BCUT2D eigenvalue weighted by Gasteiger charge is -2.30. The number of rotatable bonds is 2. The summed E-state index contributed by atoms with van der Waals surface area (Å²) in [6.45, 7) is 6.22. The molecule has 1 saturated heterocycles. The molecule has 0 aromatic carbocycles. The third kappa shape index (κ3) is 2.26. The van der Waals surface area contributed by atoms with Crippen molar-refractivity contribution in [1.82, 2.24) is 20.4 Å². The molecule has 3 heterocycles. The summed E-state index contributed by atoms with van der Waals surface area (Å²) < 4.78 is 5.50. The van der Waals surface area contributed by atoms with Gasteiger partial charge in [-0.05, 0) is 44.5 Å². The smallest absolute Gasteiger partial charge is 0.232 e. The number of nitrogens with zero attached hydrogens (tertiary/aromatic N) is 3. The maximum Gasteiger partial charge on any atom is 0.232 e. The summed E-state index contributed by atoms with van der Waals surface area (Å²) in [6, 6.07) is 1.96. The van der Waals surface area contributed by atoms with Gasteiger partial charge in [0.2, 0.25) is 11.7 Å². The minimum atomic E-state index is -0.00733. The van der Waals surface area contributed by atoms with Crippen LogP contribution in [0.3, 0.4) is 0 Å². The van der Waals surface area contributed by atoms with Crippen molar-refractivity contribution in [2.45, 2.75) is 32.1 Å². The molecular weight excluding hydrogens is 240 g/mol. The van der Waals surface area contributed by atoms with Crippen LogP contribution in [0.5, 0.6) is 0 Å². The van der Waals surface area contributed by atoms with Gasteiger partial charge in [-0.3, -0.25) is 4.98 Å². The Balaban J connectivity index is 1.93. The van der Waals surface area contributed by atoms with E-state index in [0.717, 1.165) is 42.9 Å². The molecule has 0 unspecified atom stereocenters. The highest BCUT2D eigenvalue weighted by molar-refractivity contribution is 5.57. The summed E-state index contributed by atoms with van der Waals surface area (Å²) >= 11 is 0. The van der Waals surface area contributed by atoms with Crippen molar-refractivity contribution in [3.05, 3.63) is 29.9 Å². The average molecular weight is 258 g/mol. The van der Waals surface area contributed by atoms with Crippen molar-refractivity contribution in [3.63, 3.8) is 0 Å².